The quantitative estimate of drug-likeness (QED) is 0.548. The average Bonchev–Trinajstić information content (AvgIpc) is 3.11. The molecule has 7 nitrogen and oxygen atoms in total. The van der Waals surface area contributed by atoms with E-state index in [9.17, 15) is 4.79 Å². The van der Waals surface area contributed by atoms with Gasteiger partial charge in [0.25, 0.3) is 0 Å². The van der Waals surface area contributed by atoms with Crippen LogP contribution in [0.5, 0.6) is 5.75 Å². The largest absolute Gasteiger partial charge is 0.497 e. The lowest BCUT2D eigenvalue weighted by Crippen LogP contribution is -2.14. The SMILES string of the molecule is COc1ccc(NC(=O)CSc2nc3c4ccccc4ncn3n2)cc1. The molecule has 0 aliphatic heterocycles. The number of carbonyl (C=O) groups excluding carboxylic acids is 1. The number of nitrogens with zero attached hydrogens (tertiary/aromatic N) is 4. The third-order valence-corrected chi connectivity index (χ3v) is 4.61. The second-order valence-electron chi connectivity index (χ2n) is 5.49. The Morgan fingerprint density at radius 3 is 2.81 bits per heavy atom. The van der Waals surface area contributed by atoms with E-state index < -0.39 is 0 Å². The summed E-state index contributed by atoms with van der Waals surface area (Å²) >= 11 is 1.28. The standard InChI is InChI=1S/C18H15N5O2S/c1-25-13-8-6-12(7-9-13)20-16(24)10-26-18-21-17-14-4-2-3-5-15(14)19-11-23(17)22-18/h2-9,11H,10H2,1H3,(H,20,24). The first kappa shape index (κ1) is 16.3. The third-order valence-electron chi connectivity index (χ3n) is 3.77. The van der Waals surface area contributed by atoms with E-state index in [4.69, 9.17) is 4.74 Å². The van der Waals surface area contributed by atoms with Gasteiger partial charge in [0.15, 0.2) is 5.65 Å². The highest BCUT2D eigenvalue weighted by atomic mass is 32.2. The maximum absolute atomic E-state index is 12.1. The molecule has 4 aromatic rings. The lowest BCUT2D eigenvalue weighted by molar-refractivity contribution is -0.113. The van der Waals surface area contributed by atoms with Crippen LogP contribution in [0.25, 0.3) is 16.6 Å². The molecular formula is C18H15N5O2S. The van der Waals surface area contributed by atoms with Crippen LogP contribution in [-0.4, -0.2) is 38.4 Å². The van der Waals surface area contributed by atoms with Crippen molar-refractivity contribution in [2.75, 3.05) is 18.2 Å². The monoisotopic (exact) mass is 365 g/mol. The highest BCUT2D eigenvalue weighted by molar-refractivity contribution is 7.99. The summed E-state index contributed by atoms with van der Waals surface area (Å²) in [6.07, 6.45) is 1.63. The zero-order valence-electron chi connectivity index (χ0n) is 13.9. The summed E-state index contributed by atoms with van der Waals surface area (Å²) in [5, 5.41) is 8.67. The molecule has 26 heavy (non-hydrogen) atoms. The molecule has 130 valence electrons. The summed E-state index contributed by atoms with van der Waals surface area (Å²) in [5.74, 6) is 0.836. The van der Waals surface area contributed by atoms with Crippen molar-refractivity contribution in [2.24, 2.45) is 0 Å². The molecule has 2 aromatic heterocycles. The number of hydrogen-bond donors (Lipinski definition) is 1. The number of rotatable bonds is 5. The number of para-hydroxylation sites is 1. The molecule has 4 rings (SSSR count). The van der Waals surface area contributed by atoms with Crippen molar-refractivity contribution in [2.45, 2.75) is 5.16 Å². The zero-order valence-corrected chi connectivity index (χ0v) is 14.7. The smallest absolute Gasteiger partial charge is 0.234 e. The maximum Gasteiger partial charge on any atom is 0.234 e. The minimum absolute atomic E-state index is 0.123. The van der Waals surface area contributed by atoms with Crippen LogP contribution in [0, 0.1) is 0 Å². The van der Waals surface area contributed by atoms with E-state index in [0.29, 0.717) is 5.16 Å². The number of carbonyl (C=O) groups is 1. The first-order chi connectivity index (χ1) is 12.7. The summed E-state index contributed by atoms with van der Waals surface area (Å²) in [4.78, 5) is 21.0. The van der Waals surface area contributed by atoms with Gasteiger partial charge in [0.05, 0.1) is 18.4 Å². The average molecular weight is 365 g/mol. The van der Waals surface area contributed by atoms with Crippen LogP contribution in [0.4, 0.5) is 5.69 Å². The second-order valence-corrected chi connectivity index (χ2v) is 6.43. The number of aromatic nitrogens is 4. The molecule has 0 aliphatic carbocycles. The van der Waals surface area contributed by atoms with E-state index in [-0.39, 0.29) is 11.7 Å². The number of methoxy groups -OCH3 is 1. The van der Waals surface area contributed by atoms with Crippen LogP contribution in [0.15, 0.2) is 60.0 Å². The van der Waals surface area contributed by atoms with Crippen molar-refractivity contribution >= 4 is 39.9 Å². The van der Waals surface area contributed by atoms with Gasteiger partial charge in [-0.25, -0.2) is 14.5 Å². The molecule has 1 amide bonds. The number of thioether (sulfide) groups is 1. The minimum atomic E-state index is -0.123. The molecule has 0 atom stereocenters. The number of benzene rings is 2. The molecule has 0 unspecified atom stereocenters. The summed E-state index contributed by atoms with van der Waals surface area (Å²) < 4.78 is 6.73. The lowest BCUT2D eigenvalue weighted by atomic mass is 10.2. The Hall–Kier alpha value is -3.13. The first-order valence-corrected chi connectivity index (χ1v) is 8.88. The van der Waals surface area contributed by atoms with Crippen molar-refractivity contribution in [1.82, 2.24) is 19.6 Å². The Kier molecular flexibility index (Phi) is 4.40. The van der Waals surface area contributed by atoms with Crippen LogP contribution >= 0.6 is 11.8 Å². The van der Waals surface area contributed by atoms with Gasteiger partial charge in [0.1, 0.15) is 12.1 Å². The fraction of sp³-hybridized carbons (Fsp3) is 0.111. The topological polar surface area (TPSA) is 81.4 Å². The fourth-order valence-electron chi connectivity index (χ4n) is 2.52. The molecule has 0 spiro atoms. The van der Waals surface area contributed by atoms with Crippen molar-refractivity contribution in [3.8, 4) is 5.75 Å². The lowest BCUT2D eigenvalue weighted by Gasteiger charge is -2.05. The molecule has 0 bridgehead atoms. The number of nitrogens with one attached hydrogen (secondary N) is 1. The first-order valence-electron chi connectivity index (χ1n) is 7.90. The van der Waals surface area contributed by atoms with Crippen molar-refractivity contribution < 1.29 is 9.53 Å². The summed E-state index contributed by atoms with van der Waals surface area (Å²) in [7, 11) is 1.60. The van der Waals surface area contributed by atoms with Gasteiger partial charge in [-0.15, -0.1) is 5.10 Å². The minimum Gasteiger partial charge on any atom is -0.497 e. The highest BCUT2D eigenvalue weighted by Gasteiger charge is 2.11. The number of fused-ring (bicyclic) bond motifs is 3. The van der Waals surface area contributed by atoms with Crippen molar-refractivity contribution in [1.29, 1.82) is 0 Å². The second kappa shape index (κ2) is 7.01. The van der Waals surface area contributed by atoms with E-state index >= 15 is 0 Å². The van der Waals surface area contributed by atoms with E-state index in [1.165, 1.54) is 11.8 Å². The van der Waals surface area contributed by atoms with Crippen LogP contribution < -0.4 is 10.1 Å². The summed E-state index contributed by atoms with van der Waals surface area (Å²) in [6.45, 7) is 0. The number of anilines is 1. The molecule has 2 heterocycles. The predicted molar refractivity (Wildman–Crippen MR) is 101 cm³/mol. The molecule has 0 saturated heterocycles. The molecule has 0 fully saturated rings. The molecule has 0 aliphatic rings. The van der Waals surface area contributed by atoms with Crippen molar-refractivity contribution in [3.63, 3.8) is 0 Å². The Balaban J connectivity index is 1.45. The number of hydrogen-bond acceptors (Lipinski definition) is 6. The molecule has 0 saturated carbocycles. The Labute approximate surface area is 153 Å². The molecule has 8 heteroatoms. The number of amides is 1. The maximum atomic E-state index is 12.1. The van der Waals surface area contributed by atoms with Gasteiger partial charge in [-0.05, 0) is 36.4 Å². The van der Waals surface area contributed by atoms with Crippen molar-refractivity contribution in [3.05, 3.63) is 54.9 Å². The Morgan fingerprint density at radius 2 is 2.00 bits per heavy atom. The van der Waals surface area contributed by atoms with Crippen LogP contribution in [-0.2, 0) is 4.79 Å². The van der Waals surface area contributed by atoms with Crippen LogP contribution in [0.3, 0.4) is 0 Å². The van der Waals surface area contributed by atoms with Crippen LogP contribution in [0.2, 0.25) is 0 Å². The van der Waals surface area contributed by atoms with E-state index in [0.717, 1.165) is 28.0 Å². The van der Waals surface area contributed by atoms with Gasteiger partial charge < -0.3 is 10.1 Å². The molecule has 1 N–H and O–H groups in total. The Bertz CT molecular complexity index is 1080. The van der Waals surface area contributed by atoms with E-state index in [2.05, 4.69) is 20.4 Å². The van der Waals surface area contributed by atoms with Gasteiger partial charge >= 0.3 is 0 Å². The van der Waals surface area contributed by atoms with Gasteiger partial charge in [0, 0.05) is 11.1 Å². The van der Waals surface area contributed by atoms with E-state index in [1.54, 1.807) is 42.2 Å². The van der Waals surface area contributed by atoms with Gasteiger partial charge in [0.2, 0.25) is 11.1 Å². The normalized spacial score (nSPS) is 11.0. The summed E-state index contributed by atoms with van der Waals surface area (Å²) in [5.41, 5.74) is 2.31. The molecule has 2 aromatic carbocycles. The number of ether oxygens (including phenoxy) is 1. The van der Waals surface area contributed by atoms with Gasteiger partial charge in [-0.3, -0.25) is 4.79 Å². The van der Waals surface area contributed by atoms with Crippen LogP contribution in [0.1, 0.15) is 0 Å². The predicted octanol–water partition coefficient (Wildman–Crippen LogP) is 3.02. The zero-order chi connectivity index (χ0) is 17.9. The van der Waals surface area contributed by atoms with Gasteiger partial charge in [-0.2, -0.15) is 0 Å². The fourth-order valence-corrected chi connectivity index (χ4v) is 3.15. The van der Waals surface area contributed by atoms with E-state index in [1.807, 2.05) is 24.3 Å². The molecule has 0 radical (unpaired) electrons. The molecular weight excluding hydrogens is 350 g/mol. The van der Waals surface area contributed by atoms with Gasteiger partial charge in [-0.1, -0.05) is 23.9 Å². The third kappa shape index (κ3) is 3.31. The highest BCUT2D eigenvalue weighted by Crippen LogP contribution is 2.20. The summed E-state index contributed by atoms with van der Waals surface area (Å²) in [6, 6.07) is 14.9. The Morgan fingerprint density at radius 1 is 1.19 bits per heavy atom.